The summed E-state index contributed by atoms with van der Waals surface area (Å²) in [6.07, 6.45) is 3.65. The van der Waals surface area contributed by atoms with Crippen LogP contribution in [-0.2, 0) is 0 Å². The van der Waals surface area contributed by atoms with Crippen molar-refractivity contribution >= 4 is 21.8 Å². The molecule has 0 amide bonds. The van der Waals surface area contributed by atoms with E-state index in [0.717, 1.165) is 44.5 Å². The van der Waals surface area contributed by atoms with Gasteiger partial charge in [-0.1, -0.05) is 115 Å². The Morgan fingerprint density at radius 1 is 0.412 bits per heavy atom. The van der Waals surface area contributed by atoms with Crippen molar-refractivity contribution in [3.63, 3.8) is 0 Å². The normalized spacial score (nSPS) is 11.3. The number of benzene rings is 6. The van der Waals surface area contributed by atoms with Crippen LogP contribution in [-0.4, -0.2) is 24.5 Å². The summed E-state index contributed by atoms with van der Waals surface area (Å²) < 4.78 is 2.36. The van der Waals surface area contributed by atoms with Crippen LogP contribution in [0.25, 0.3) is 83.9 Å². The number of para-hydroxylation sites is 1. The van der Waals surface area contributed by atoms with Gasteiger partial charge in [-0.3, -0.25) is 4.98 Å². The molecule has 3 heterocycles. The fourth-order valence-corrected chi connectivity index (χ4v) is 7.10. The quantitative estimate of drug-likeness (QED) is 0.179. The Morgan fingerprint density at radius 3 is 1.75 bits per heavy atom. The van der Waals surface area contributed by atoms with E-state index in [1.807, 2.05) is 85.2 Å². The molecule has 0 N–H and O–H groups in total. The zero-order chi connectivity index (χ0) is 34.3. The molecule has 0 unspecified atom stereocenters. The second-order valence-electron chi connectivity index (χ2n) is 12.9. The van der Waals surface area contributed by atoms with E-state index in [4.69, 9.17) is 15.0 Å². The van der Waals surface area contributed by atoms with Gasteiger partial charge < -0.3 is 4.57 Å². The summed E-state index contributed by atoms with van der Waals surface area (Å²) >= 11 is 0. The minimum atomic E-state index is 0.603. The van der Waals surface area contributed by atoms with Gasteiger partial charge in [0.2, 0.25) is 0 Å². The highest BCUT2D eigenvalue weighted by Gasteiger charge is 2.21. The molecular formula is C46H33N5. The predicted octanol–water partition coefficient (Wildman–Crippen LogP) is 11.3. The van der Waals surface area contributed by atoms with Gasteiger partial charge in [-0.05, 0) is 84.1 Å². The lowest BCUT2D eigenvalue weighted by Crippen LogP contribution is -2.04. The molecule has 0 saturated heterocycles. The molecule has 6 aromatic carbocycles. The third-order valence-corrected chi connectivity index (χ3v) is 9.56. The van der Waals surface area contributed by atoms with Gasteiger partial charge in [-0.25, -0.2) is 15.0 Å². The van der Waals surface area contributed by atoms with Crippen molar-refractivity contribution in [1.82, 2.24) is 24.5 Å². The summed E-state index contributed by atoms with van der Waals surface area (Å²) in [7, 11) is 0. The lowest BCUT2D eigenvalue weighted by molar-refractivity contribution is 1.06. The van der Waals surface area contributed by atoms with Crippen molar-refractivity contribution < 1.29 is 0 Å². The first-order valence-electron chi connectivity index (χ1n) is 17.1. The minimum Gasteiger partial charge on any atom is -0.309 e. The van der Waals surface area contributed by atoms with E-state index >= 15 is 0 Å². The molecule has 0 fully saturated rings. The number of aromatic nitrogens is 5. The third-order valence-electron chi connectivity index (χ3n) is 9.56. The number of aryl methyl sites for hydroxylation is 2. The maximum absolute atomic E-state index is 5.19. The van der Waals surface area contributed by atoms with Crippen LogP contribution in [0.5, 0.6) is 0 Å². The predicted molar refractivity (Wildman–Crippen MR) is 209 cm³/mol. The van der Waals surface area contributed by atoms with Crippen LogP contribution >= 0.6 is 0 Å². The van der Waals surface area contributed by atoms with Gasteiger partial charge in [0, 0.05) is 39.9 Å². The molecule has 5 heteroatoms. The highest BCUT2D eigenvalue weighted by Crippen LogP contribution is 2.40. The van der Waals surface area contributed by atoms with Crippen LogP contribution in [0.3, 0.4) is 0 Å². The number of nitrogens with zero attached hydrogens (tertiary/aromatic N) is 5. The fraction of sp³-hybridized carbons (Fsp3) is 0.0435. The van der Waals surface area contributed by atoms with Crippen molar-refractivity contribution in [2.24, 2.45) is 0 Å². The first-order chi connectivity index (χ1) is 25.1. The van der Waals surface area contributed by atoms with E-state index in [9.17, 15) is 0 Å². The maximum atomic E-state index is 5.19. The molecule has 0 saturated carbocycles. The Hall–Kier alpha value is -6.72. The van der Waals surface area contributed by atoms with Crippen molar-refractivity contribution in [3.05, 3.63) is 175 Å². The Balaban J connectivity index is 1.33. The molecule has 5 nitrogen and oxygen atoms in total. The van der Waals surface area contributed by atoms with Crippen LogP contribution < -0.4 is 0 Å². The molecule has 0 bridgehead atoms. The Kier molecular flexibility index (Phi) is 7.51. The van der Waals surface area contributed by atoms with E-state index in [2.05, 4.69) is 102 Å². The third kappa shape index (κ3) is 5.55. The van der Waals surface area contributed by atoms with Crippen LogP contribution in [0.4, 0.5) is 0 Å². The van der Waals surface area contributed by atoms with E-state index in [-0.39, 0.29) is 0 Å². The maximum Gasteiger partial charge on any atom is 0.166 e. The molecule has 51 heavy (non-hydrogen) atoms. The summed E-state index contributed by atoms with van der Waals surface area (Å²) in [5, 5.41) is 2.38. The Labute approximate surface area is 296 Å². The fourth-order valence-electron chi connectivity index (χ4n) is 7.10. The van der Waals surface area contributed by atoms with Crippen LogP contribution in [0.2, 0.25) is 0 Å². The van der Waals surface area contributed by atoms with Gasteiger partial charge in [0.15, 0.2) is 17.5 Å². The number of rotatable bonds is 6. The average molecular weight is 656 g/mol. The smallest absolute Gasteiger partial charge is 0.166 e. The zero-order valence-corrected chi connectivity index (χ0v) is 28.3. The van der Waals surface area contributed by atoms with Crippen molar-refractivity contribution in [1.29, 1.82) is 0 Å². The molecular weight excluding hydrogens is 623 g/mol. The molecule has 242 valence electrons. The first kappa shape index (κ1) is 30.3. The van der Waals surface area contributed by atoms with Gasteiger partial charge in [-0.2, -0.15) is 0 Å². The highest BCUT2D eigenvalue weighted by atomic mass is 15.1. The summed E-state index contributed by atoms with van der Waals surface area (Å²) in [5.41, 5.74) is 13.1. The molecule has 9 aromatic rings. The van der Waals surface area contributed by atoms with Crippen LogP contribution in [0.15, 0.2) is 164 Å². The second-order valence-corrected chi connectivity index (χ2v) is 12.9. The largest absolute Gasteiger partial charge is 0.309 e. The van der Waals surface area contributed by atoms with Crippen molar-refractivity contribution in [3.8, 4) is 62.1 Å². The Bertz CT molecular complexity index is 2640. The summed E-state index contributed by atoms with van der Waals surface area (Å²) in [5.74, 6) is 1.85. The molecule has 0 aliphatic carbocycles. The lowest BCUT2D eigenvalue weighted by atomic mass is 9.97. The van der Waals surface area contributed by atoms with E-state index in [1.165, 1.54) is 33.0 Å². The molecule has 0 spiro atoms. The van der Waals surface area contributed by atoms with Crippen LogP contribution in [0, 0.1) is 13.8 Å². The number of fused-ring (bicyclic) bond motifs is 3. The molecule has 0 aliphatic rings. The van der Waals surface area contributed by atoms with Gasteiger partial charge in [0.25, 0.3) is 0 Å². The van der Waals surface area contributed by atoms with Gasteiger partial charge in [-0.15, -0.1) is 0 Å². The first-order valence-corrected chi connectivity index (χ1v) is 17.1. The number of pyridine rings is 1. The Morgan fingerprint density at radius 2 is 1.04 bits per heavy atom. The lowest BCUT2D eigenvalue weighted by Gasteiger charge is -2.16. The average Bonchev–Trinajstić information content (AvgIpc) is 3.52. The van der Waals surface area contributed by atoms with E-state index in [1.54, 1.807) is 0 Å². The highest BCUT2D eigenvalue weighted by molar-refractivity contribution is 6.11. The second kappa shape index (κ2) is 12.6. The van der Waals surface area contributed by atoms with Gasteiger partial charge in [0.1, 0.15) is 0 Å². The molecule has 9 rings (SSSR count). The molecule has 0 radical (unpaired) electrons. The minimum absolute atomic E-state index is 0.603. The van der Waals surface area contributed by atoms with Crippen molar-refractivity contribution in [2.75, 3.05) is 0 Å². The summed E-state index contributed by atoms with van der Waals surface area (Å²) in [4.78, 5) is 19.6. The summed E-state index contributed by atoms with van der Waals surface area (Å²) in [6, 6.07) is 53.0. The van der Waals surface area contributed by atoms with Crippen molar-refractivity contribution in [2.45, 2.75) is 13.8 Å². The van der Waals surface area contributed by atoms with Gasteiger partial charge in [0.05, 0.1) is 16.7 Å². The van der Waals surface area contributed by atoms with E-state index < -0.39 is 0 Å². The molecule has 3 aromatic heterocycles. The number of hydrogen-bond acceptors (Lipinski definition) is 4. The van der Waals surface area contributed by atoms with E-state index in [0.29, 0.717) is 17.5 Å². The zero-order valence-electron chi connectivity index (χ0n) is 28.3. The molecule has 0 aliphatic heterocycles. The standard InChI is InChI=1S/C46H33N5/c1-30-17-20-37(31(2)27-30)36-19-22-42-39(29-36)38-15-9-10-16-41(38)51(42)43-21-18-35(32-23-25-47-26-24-32)28-40(43)46-49-44(33-11-5-3-6-12-33)48-45(50-46)34-13-7-4-8-14-34/h3-29H,1-2H3. The summed E-state index contributed by atoms with van der Waals surface area (Å²) in [6.45, 7) is 4.33. The topological polar surface area (TPSA) is 56.5 Å². The molecule has 0 atom stereocenters. The SMILES string of the molecule is Cc1ccc(-c2ccc3c(c2)c2ccccc2n3-c2ccc(-c3ccncc3)cc2-c2nc(-c3ccccc3)nc(-c3ccccc3)n2)c(C)c1. The van der Waals surface area contributed by atoms with Gasteiger partial charge >= 0.3 is 0 Å². The van der Waals surface area contributed by atoms with Crippen LogP contribution in [0.1, 0.15) is 11.1 Å². The monoisotopic (exact) mass is 655 g/mol. The number of hydrogen-bond donors (Lipinski definition) is 0.